The average molecular weight is 423 g/mol. The van der Waals surface area contributed by atoms with Crippen LogP contribution < -0.4 is 10.6 Å². The van der Waals surface area contributed by atoms with Crippen molar-refractivity contribution in [2.45, 2.75) is 155 Å². The Morgan fingerprint density at radius 3 is 2.23 bits per heavy atom. The molecule has 0 aromatic heterocycles. The predicted octanol–water partition coefficient (Wildman–Crippen LogP) is 7.19. The van der Waals surface area contributed by atoms with E-state index in [2.05, 4.69) is 45.3 Å². The van der Waals surface area contributed by atoms with Crippen molar-refractivity contribution in [2.24, 2.45) is 11.3 Å². The van der Waals surface area contributed by atoms with E-state index in [0.29, 0.717) is 29.7 Å². The van der Waals surface area contributed by atoms with Crippen LogP contribution in [0.5, 0.6) is 0 Å². The van der Waals surface area contributed by atoms with Gasteiger partial charge in [-0.3, -0.25) is 5.32 Å². The second kappa shape index (κ2) is 14.1. The Hall–Kier alpha value is -0.120. The van der Waals surface area contributed by atoms with Crippen molar-refractivity contribution in [3.8, 4) is 0 Å². The minimum atomic E-state index is 0.305. The van der Waals surface area contributed by atoms with E-state index in [1.165, 1.54) is 103 Å². The summed E-state index contributed by atoms with van der Waals surface area (Å²) >= 11 is 0. The molecular formula is C27H54N2O. The van der Waals surface area contributed by atoms with Gasteiger partial charge in [-0.25, -0.2) is 0 Å². The Morgan fingerprint density at radius 1 is 0.900 bits per heavy atom. The quantitative estimate of drug-likeness (QED) is 0.386. The highest BCUT2D eigenvalue weighted by Gasteiger charge is 2.35. The molecule has 0 radical (unpaired) electrons. The number of nitrogens with one attached hydrogen (secondary N) is 2. The number of hydrogen-bond acceptors (Lipinski definition) is 3. The predicted molar refractivity (Wildman–Crippen MR) is 131 cm³/mol. The molecule has 3 nitrogen and oxygen atoms in total. The Kier molecular flexibility index (Phi) is 12.3. The Balaban J connectivity index is 0.000000386. The van der Waals surface area contributed by atoms with Gasteiger partial charge in [-0.15, -0.1) is 0 Å². The molecule has 4 unspecified atom stereocenters. The molecule has 0 bridgehead atoms. The lowest BCUT2D eigenvalue weighted by Gasteiger charge is -2.30. The molecule has 1 aliphatic carbocycles. The molecule has 2 heterocycles. The van der Waals surface area contributed by atoms with Gasteiger partial charge in [0.2, 0.25) is 0 Å². The standard InChI is InChI=1S/C21H41NO.C6H13N/c1-5-6-7-11-14-21(3,4)16-18-15-17(2)20(22-18)23-19-12-9-8-10-13-19;1-6-4-2-3-5-7-6/h17-20,22H,5-16H2,1-4H3;6-7H,2-5H2,1H3. The van der Waals surface area contributed by atoms with Crippen LogP contribution in [0, 0.1) is 11.3 Å². The van der Waals surface area contributed by atoms with E-state index in [1.807, 2.05) is 0 Å². The summed E-state index contributed by atoms with van der Waals surface area (Å²) in [4.78, 5) is 0. The van der Waals surface area contributed by atoms with Crippen LogP contribution in [0.25, 0.3) is 0 Å². The third-order valence-electron chi connectivity index (χ3n) is 7.53. The fourth-order valence-corrected chi connectivity index (χ4v) is 5.59. The maximum absolute atomic E-state index is 6.41. The fraction of sp³-hybridized carbons (Fsp3) is 1.00. The molecule has 0 amide bonds. The molecule has 178 valence electrons. The normalized spacial score (nSPS) is 30.7. The van der Waals surface area contributed by atoms with Gasteiger partial charge in [-0.05, 0) is 69.7 Å². The molecule has 3 aliphatic rings. The molecule has 3 rings (SSSR count). The van der Waals surface area contributed by atoms with E-state index in [4.69, 9.17) is 4.74 Å². The van der Waals surface area contributed by atoms with Crippen LogP contribution in [-0.2, 0) is 4.74 Å². The second-order valence-electron chi connectivity index (χ2n) is 11.4. The number of unbranched alkanes of at least 4 members (excludes halogenated alkanes) is 3. The molecule has 30 heavy (non-hydrogen) atoms. The SMILES string of the molecule is CC1CCCCN1.CCCCCCC(C)(C)CC1CC(C)C(OC2CCCCC2)N1. The average Bonchev–Trinajstić information content (AvgIpc) is 3.05. The van der Waals surface area contributed by atoms with Gasteiger partial charge in [0.15, 0.2) is 0 Å². The Labute approximate surface area is 188 Å². The first-order chi connectivity index (χ1) is 14.4. The van der Waals surface area contributed by atoms with E-state index >= 15 is 0 Å². The lowest BCUT2D eigenvalue weighted by atomic mass is 9.80. The Morgan fingerprint density at radius 2 is 1.63 bits per heavy atom. The smallest absolute Gasteiger partial charge is 0.111 e. The monoisotopic (exact) mass is 422 g/mol. The molecule has 2 aliphatic heterocycles. The zero-order valence-electron chi connectivity index (χ0n) is 21.1. The summed E-state index contributed by atoms with van der Waals surface area (Å²) in [6.45, 7) is 13.1. The summed E-state index contributed by atoms with van der Waals surface area (Å²) < 4.78 is 6.41. The third-order valence-corrected chi connectivity index (χ3v) is 7.53. The molecule has 4 atom stereocenters. The van der Waals surface area contributed by atoms with Crippen LogP contribution in [0.2, 0.25) is 0 Å². The van der Waals surface area contributed by atoms with E-state index in [9.17, 15) is 0 Å². The topological polar surface area (TPSA) is 33.3 Å². The molecule has 3 fully saturated rings. The van der Waals surface area contributed by atoms with Gasteiger partial charge in [0, 0.05) is 12.1 Å². The van der Waals surface area contributed by atoms with Gasteiger partial charge in [0.1, 0.15) is 6.23 Å². The van der Waals surface area contributed by atoms with Crippen LogP contribution >= 0.6 is 0 Å². The largest absolute Gasteiger partial charge is 0.360 e. The molecule has 2 saturated heterocycles. The van der Waals surface area contributed by atoms with Gasteiger partial charge in [0.05, 0.1) is 6.10 Å². The number of hydrogen-bond donors (Lipinski definition) is 2. The van der Waals surface area contributed by atoms with Gasteiger partial charge in [-0.2, -0.15) is 0 Å². The zero-order chi connectivity index (χ0) is 21.8. The van der Waals surface area contributed by atoms with Gasteiger partial charge >= 0.3 is 0 Å². The maximum Gasteiger partial charge on any atom is 0.111 e. The van der Waals surface area contributed by atoms with Crippen LogP contribution in [0.3, 0.4) is 0 Å². The minimum absolute atomic E-state index is 0.305. The summed E-state index contributed by atoms with van der Waals surface area (Å²) in [5, 5.41) is 7.21. The van der Waals surface area contributed by atoms with Crippen LogP contribution in [-0.4, -0.2) is 31.0 Å². The molecule has 0 spiro atoms. The van der Waals surface area contributed by atoms with Crippen molar-refractivity contribution >= 4 is 0 Å². The summed E-state index contributed by atoms with van der Waals surface area (Å²) in [7, 11) is 0. The van der Waals surface area contributed by atoms with Crippen LogP contribution in [0.1, 0.15) is 131 Å². The number of piperidine rings is 1. The number of ether oxygens (including phenoxy) is 1. The van der Waals surface area contributed by atoms with Crippen molar-refractivity contribution in [2.75, 3.05) is 6.54 Å². The first-order valence-corrected chi connectivity index (χ1v) is 13.5. The first kappa shape index (κ1) is 26.1. The molecule has 2 N–H and O–H groups in total. The van der Waals surface area contributed by atoms with Crippen molar-refractivity contribution in [3.63, 3.8) is 0 Å². The molecule has 3 heteroatoms. The third kappa shape index (κ3) is 10.5. The van der Waals surface area contributed by atoms with Crippen molar-refractivity contribution in [1.82, 2.24) is 10.6 Å². The zero-order valence-corrected chi connectivity index (χ0v) is 21.1. The van der Waals surface area contributed by atoms with Gasteiger partial charge in [-0.1, -0.05) is 79.1 Å². The first-order valence-electron chi connectivity index (χ1n) is 13.5. The van der Waals surface area contributed by atoms with Crippen molar-refractivity contribution in [1.29, 1.82) is 0 Å². The molecule has 1 saturated carbocycles. The molecule has 0 aromatic rings. The maximum atomic E-state index is 6.41. The van der Waals surface area contributed by atoms with E-state index in [1.54, 1.807) is 0 Å². The second-order valence-corrected chi connectivity index (χ2v) is 11.4. The summed E-state index contributed by atoms with van der Waals surface area (Å²) in [5.41, 5.74) is 0.463. The lowest BCUT2D eigenvalue weighted by molar-refractivity contribution is -0.0559. The van der Waals surface area contributed by atoms with E-state index in [0.717, 1.165) is 6.04 Å². The molecular weight excluding hydrogens is 368 g/mol. The van der Waals surface area contributed by atoms with Crippen LogP contribution in [0.15, 0.2) is 0 Å². The Bertz CT molecular complexity index is 427. The summed E-state index contributed by atoms with van der Waals surface area (Å²) in [6.07, 6.45) is 21.2. The highest BCUT2D eigenvalue weighted by Crippen LogP contribution is 2.35. The minimum Gasteiger partial charge on any atom is -0.360 e. The highest BCUT2D eigenvalue weighted by atomic mass is 16.5. The van der Waals surface area contributed by atoms with Crippen LogP contribution in [0.4, 0.5) is 0 Å². The van der Waals surface area contributed by atoms with Gasteiger partial charge in [0.25, 0.3) is 0 Å². The summed E-state index contributed by atoms with van der Waals surface area (Å²) in [6, 6.07) is 1.44. The van der Waals surface area contributed by atoms with Crippen molar-refractivity contribution < 1.29 is 4.74 Å². The highest BCUT2D eigenvalue weighted by molar-refractivity contribution is 4.88. The number of rotatable bonds is 9. The summed E-state index contributed by atoms with van der Waals surface area (Å²) in [5.74, 6) is 0.665. The van der Waals surface area contributed by atoms with E-state index < -0.39 is 0 Å². The lowest BCUT2D eigenvalue weighted by Crippen LogP contribution is -2.38. The van der Waals surface area contributed by atoms with E-state index in [-0.39, 0.29) is 0 Å². The van der Waals surface area contributed by atoms with Crippen molar-refractivity contribution in [3.05, 3.63) is 0 Å². The van der Waals surface area contributed by atoms with Gasteiger partial charge < -0.3 is 10.1 Å². The molecule has 0 aromatic carbocycles. The fourth-order valence-electron chi connectivity index (χ4n) is 5.59.